The third kappa shape index (κ3) is 3.96. The third-order valence-electron chi connectivity index (χ3n) is 5.29. The molecule has 1 saturated heterocycles. The lowest BCUT2D eigenvalue weighted by Crippen LogP contribution is -2.24. The van der Waals surface area contributed by atoms with Gasteiger partial charge >= 0.3 is 0 Å². The summed E-state index contributed by atoms with van der Waals surface area (Å²) in [6.45, 7) is 4.69. The van der Waals surface area contributed by atoms with Gasteiger partial charge in [-0.25, -0.2) is 4.98 Å². The number of anilines is 3. The second-order valence-corrected chi connectivity index (χ2v) is 7.93. The van der Waals surface area contributed by atoms with Crippen LogP contribution >= 0.6 is 11.6 Å². The monoisotopic (exact) mass is 436 g/mol. The molecule has 0 aliphatic carbocycles. The normalized spacial score (nSPS) is 16.1. The van der Waals surface area contributed by atoms with Gasteiger partial charge in [0.05, 0.1) is 6.04 Å². The van der Waals surface area contributed by atoms with E-state index in [4.69, 9.17) is 16.1 Å². The molecule has 1 atom stereocenters. The molecule has 1 aliphatic rings. The van der Waals surface area contributed by atoms with Gasteiger partial charge in [0.2, 0.25) is 5.95 Å². The Hall–Kier alpha value is -3.46. The Morgan fingerprint density at radius 2 is 2.10 bits per heavy atom. The van der Waals surface area contributed by atoms with Gasteiger partial charge in [-0.3, -0.25) is 10.1 Å². The summed E-state index contributed by atoms with van der Waals surface area (Å²) in [5, 5.41) is 14.9. The number of halogens is 1. The minimum atomic E-state index is -0.0165. The van der Waals surface area contributed by atoms with E-state index < -0.39 is 0 Å². The number of nitrogens with zero attached hydrogens (tertiary/aromatic N) is 6. The Morgan fingerprint density at radius 3 is 2.90 bits per heavy atom. The van der Waals surface area contributed by atoms with Crippen LogP contribution in [0.3, 0.4) is 0 Å². The fourth-order valence-corrected chi connectivity index (χ4v) is 4.02. The lowest BCUT2D eigenvalue weighted by Gasteiger charge is -2.23. The van der Waals surface area contributed by atoms with Crippen molar-refractivity contribution in [3.63, 3.8) is 0 Å². The fourth-order valence-electron chi connectivity index (χ4n) is 3.84. The molecule has 0 radical (unpaired) electrons. The van der Waals surface area contributed by atoms with Crippen molar-refractivity contribution in [3.05, 3.63) is 58.8 Å². The first-order valence-electron chi connectivity index (χ1n) is 10.1. The maximum absolute atomic E-state index is 6.31. The number of hydrogen-bond acceptors (Lipinski definition) is 8. The third-order valence-corrected chi connectivity index (χ3v) is 5.49. The van der Waals surface area contributed by atoms with Gasteiger partial charge < -0.3 is 14.7 Å². The molecule has 0 bridgehead atoms. The number of aromatic nitrogens is 6. The van der Waals surface area contributed by atoms with Gasteiger partial charge in [-0.05, 0) is 38.8 Å². The molecule has 4 aromatic rings. The van der Waals surface area contributed by atoms with Crippen LogP contribution in [-0.2, 0) is 0 Å². The second kappa shape index (κ2) is 7.99. The van der Waals surface area contributed by atoms with Crippen LogP contribution in [0.1, 0.15) is 36.0 Å². The van der Waals surface area contributed by atoms with Gasteiger partial charge in [-0.1, -0.05) is 16.8 Å². The van der Waals surface area contributed by atoms with Gasteiger partial charge in [-0.2, -0.15) is 10.1 Å². The lowest BCUT2D eigenvalue weighted by molar-refractivity contribution is 0.362. The molecule has 10 heteroatoms. The average Bonchev–Trinajstić information content (AvgIpc) is 3.48. The number of aromatic amines is 1. The molecule has 2 N–H and O–H groups in total. The number of pyridine rings is 1. The van der Waals surface area contributed by atoms with E-state index >= 15 is 0 Å². The zero-order valence-corrected chi connectivity index (χ0v) is 17.9. The minimum Gasteiger partial charge on any atom is -0.359 e. The first-order chi connectivity index (χ1) is 15.1. The van der Waals surface area contributed by atoms with Crippen LogP contribution in [0.2, 0.25) is 5.15 Å². The first-order valence-corrected chi connectivity index (χ1v) is 10.4. The molecule has 31 heavy (non-hydrogen) atoms. The molecule has 9 nitrogen and oxygen atoms in total. The highest BCUT2D eigenvalue weighted by Crippen LogP contribution is 2.37. The molecule has 158 valence electrons. The lowest BCUT2D eigenvalue weighted by atomic mass is 10.1. The first kappa shape index (κ1) is 19.5. The van der Waals surface area contributed by atoms with Crippen LogP contribution in [-0.4, -0.2) is 36.9 Å². The van der Waals surface area contributed by atoms with E-state index in [1.165, 1.54) is 0 Å². The van der Waals surface area contributed by atoms with E-state index in [2.05, 4.69) is 40.5 Å². The predicted octanol–water partition coefficient (Wildman–Crippen LogP) is 4.61. The van der Waals surface area contributed by atoms with E-state index in [1.54, 1.807) is 12.3 Å². The summed E-state index contributed by atoms with van der Waals surface area (Å²) in [5.41, 5.74) is 3.60. The summed E-state index contributed by atoms with van der Waals surface area (Å²) < 4.78 is 5.73. The van der Waals surface area contributed by atoms with E-state index in [-0.39, 0.29) is 6.04 Å². The average molecular weight is 437 g/mol. The summed E-state index contributed by atoms with van der Waals surface area (Å²) in [7, 11) is 0. The number of aryl methyl sites for hydroxylation is 2. The molecular weight excluding hydrogens is 416 g/mol. The van der Waals surface area contributed by atoms with Gasteiger partial charge in [0.15, 0.2) is 11.6 Å². The van der Waals surface area contributed by atoms with Crippen molar-refractivity contribution >= 4 is 29.2 Å². The van der Waals surface area contributed by atoms with E-state index in [1.807, 2.05) is 38.1 Å². The quantitative estimate of drug-likeness (QED) is 0.437. The van der Waals surface area contributed by atoms with Crippen molar-refractivity contribution in [1.29, 1.82) is 0 Å². The zero-order chi connectivity index (χ0) is 21.4. The number of rotatable bonds is 5. The molecule has 4 aromatic heterocycles. The summed E-state index contributed by atoms with van der Waals surface area (Å²) in [6, 6.07) is 9.42. The van der Waals surface area contributed by atoms with Crippen molar-refractivity contribution in [1.82, 2.24) is 30.3 Å². The molecule has 5 rings (SSSR count). The zero-order valence-electron chi connectivity index (χ0n) is 17.1. The van der Waals surface area contributed by atoms with Crippen LogP contribution in [0.4, 0.5) is 17.6 Å². The van der Waals surface area contributed by atoms with E-state index in [9.17, 15) is 0 Å². The van der Waals surface area contributed by atoms with Gasteiger partial charge in [0, 0.05) is 47.9 Å². The second-order valence-electron chi connectivity index (χ2n) is 7.54. The Kier molecular flexibility index (Phi) is 5.03. The highest BCUT2D eigenvalue weighted by molar-refractivity contribution is 6.29. The topological polar surface area (TPSA) is 109 Å². The summed E-state index contributed by atoms with van der Waals surface area (Å²) >= 11 is 6.31. The number of hydrogen-bond donors (Lipinski definition) is 2. The summed E-state index contributed by atoms with van der Waals surface area (Å²) in [6.07, 6.45) is 3.67. The van der Waals surface area contributed by atoms with Crippen LogP contribution < -0.4 is 10.2 Å². The maximum Gasteiger partial charge on any atom is 0.229 e. The van der Waals surface area contributed by atoms with Crippen molar-refractivity contribution < 1.29 is 4.52 Å². The smallest absolute Gasteiger partial charge is 0.229 e. The highest BCUT2D eigenvalue weighted by atomic mass is 35.5. The predicted molar refractivity (Wildman–Crippen MR) is 117 cm³/mol. The van der Waals surface area contributed by atoms with Crippen LogP contribution in [0, 0.1) is 13.8 Å². The van der Waals surface area contributed by atoms with Crippen LogP contribution in [0.15, 0.2) is 41.1 Å². The molecule has 1 fully saturated rings. The Labute approximate surface area is 183 Å². The number of nitrogens with one attached hydrogen (secondary N) is 2. The van der Waals surface area contributed by atoms with Gasteiger partial charge in [0.25, 0.3) is 0 Å². The van der Waals surface area contributed by atoms with Crippen LogP contribution in [0.25, 0.3) is 11.3 Å². The minimum absolute atomic E-state index is 0.0165. The largest absolute Gasteiger partial charge is 0.359 e. The van der Waals surface area contributed by atoms with Gasteiger partial charge in [-0.15, -0.1) is 0 Å². The molecule has 5 heterocycles. The Balaban J connectivity index is 1.42. The van der Waals surface area contributed by atoms with Gasteiger partial charge in [0.1, 0.15) is 16.7 Å². The van der Waals surface area contributed by atoms with Crippen molar-refractivity contribution in [3.8, 4) is 11.3 Å². The molecule has 1 aliphatic heterocycles. The van der Waals surface area contributed by atoms with E-state index in [0.29, 0.717) is 22.7 Å². The standard InChI is InChI=1S/C21H21ClN8O/c1-12-9-20(28-27-12)25-19-11-18(22)24-21(26-19)30-8-4-6-16(30)17-10-15(29-31-17)14-5-3-7-23-13(14)2/h3,5,7,9-11,16H,4,6,8H2,1-2H3,(H2,24,25,26,27,28)/t16-/m0/s1. The van der Waals surface area contributed by atoms with Crippen molar-refractivity contribution in [2.24, 2.45) is 0 Å². The SMILES string of the molecule is Cc1cc(Nc2cc(Cl)nc(N3CCC[C@H]3c3cc(-c4cccnc4C)no3)n2)n[nH]1. The summed E-state index contributed by atoms with van der Waals surface area (Å²) in [5.74, 6) is 2.57. The van der Waals surface area contributed by atoms with Crippen molar-refractivity contribution in [2.45, 2.75) is 32.7 Å². The molecule has 0 spiro atoms. The Bertz CT molecular complexity index is 1220. The summed E-state index contributed by atoms with van der Waals surface area (Å²) in [4.78, 5) is 15.6. The highest BCUT2D eigenvalue weighted by Gasteiger charge is 2.32. The Morgan fingerprint density at radius 1 is 1.19 bits per heavy atom. The van der Waals surface area contributed by atoms with E-state index in [0.717, 1.165) is 47.8 Å². The van der Waals surface area contributed by atoms with Crippen molar-refractivity contribution in [2.75, 3.05) is 16.8 Å². The molecular formula is C21H21ClN8O. The van der Waals surface area contributed by atoms with Crippen LogP contribution in [0.5, 0.6) is 0 Å². The number of H-pyrrole nitrogens is 1. The fraction of sp³-hybridized carbons (Fsp3) is 0.286. The maximum atomic E-state index is 6.31. The molecule has 0 amide bonds. The molecule has 0 aromatic carbocycles. The molecule has 0 saturated carbocycles. The molecule has 0 unspecified atom stereocenters.